The Labute approximate surface area is 90.2 Å². The molecule has 1 heterocycles. The van der Waals surface area contributed by atoms with Crippen LogP contribution in [0.3, 0.4) is 0 Å². The van der Waals surface area contributed by atoms with Crippen molar-refractivity contribution in [3.8, 4) is 11.5 Å². The second-order valence-electron chi connectivity index (χ2n) is 3.86. The zero-order valence-electron chi connectivity index (χ0n) is 9.25. The first-order valence-electron chi connectivity index (χ1n) is 5.39. The normalized spacial score (nSPS) is 15.4. The van der Waals surface area contributed by atoms with Gasteiger partial charge in [-0.15, -0.1) is 0 Å². The number of ether oxygens (including phenoxy) is 2. The van der Waals surface area contributed by atoms with Crippen molar-refractivity contribution < 1.29 is 9.47 Å². The first-order chi connectivity index (χ1) is 7.27. The van der Waals surface area contributed by atoms with Crippen LogP contribution in [0.25, 0.3) is 0 Å². The van der Waals surface area contributed by atoms with E-state index in [9.17, 15) is 0 Å². The van der Waals surface area contributed by atoms with Gasteiger partial charge in [0.15, 0.2) is 11.5 Å². The Bertz CT molecular complexity index is 363. The number of hydrogen-bond acceptors (Lipinski definition) is 3. The fourth-order valence-corrected chi connectivity index (χ4v) is 2.00. The molecule has 1 atom stereocenters. The third-order valence-electron chi connectivity index (χ3n) is 2.92. The lowest BCUT2D eigenvalue weighted by molar-refractivity contribution is 0.173. The van der Waals surface area contributed by atoms with Crippen LogP contribution in [0.5, 0.6) is 11.5 Å². The summed E-state index contributed by atoms with van der Waals surface area (Å²) < 4.78 is 10.8. The van der Waals surface area contributed by atoms with Crippen LogP contribution in [0.15, 0.2) is 12.1 Å². The van der Waals surface area contributed by atoms with Crippen LogP contribution < -0.4 is 15.2 Å². The summed E-state index contributed by atoms with van der Waals surface area (Å²) in [7, 11) is 0. The van der Waals surface area contributed by atoms with E-state index in [4.69, 9.17) is 15.2 Å². The highest BCUT2D eigenvalue weighted by Crippen LogP contribution is 2.39. The lowest BCUT2D eigenvalue weighted by Crippen LogP contribution is -2.11. The van der Waals surface area contributed by atoms with Gasteiger partial charge in [-0.1, -0.05) is 19.9 Å². The summed E-state index contributed by atoms with van der Waals surface area (Å²) in [6.07, 6.45) is 0.951. The van der Waals surface area contributed by atoms with E-state index in [1.807, 2.05) is 6.07 Å². The largest absolute Gasteiger partial charge is 0.454 e. The van der Waals surface area contributed by atoms with Crippen molar-refractivity contribution in [3.63, 3.8) is 0 Å². The van der Waals surface area contributed by atoms with E-state index < -0.39 is 0 Å². The van der Waals surface area contributed by atoms with Crippen LogP contribution in [0.2, 0.25) is 0 Å². The minimum absolute atomic E-state index is 0.336. The lowest BCUT2D eigenvalue weighted by atomic mass is 9.93. The van der Waals surface area contributed by atoms with Crippen molar-refractivity contribution in [1.29, 1.82) is 0 Å². The Kier molecular flexibility index (Phi) is 2.82. The van der Waals surface area contributed by atoms with Crippen LogP contribution in [-0.4, -0.2) is 13.3 Å². The topological polar surface area (TPSA) is 44.5 Å². The van der Waals surface area contributed by atoms with Gasteiger partial charge in [0.1, 0.15) is 0 Å². The molecule has 0 spiro atoms. The summed E-state index contributed by atoms with van der Waals surface area (Å²) in [5.41, 5.74) is 8.22. The summed E-state index contributed by atoms with van der Waals surface area (Å²) in [4.78, 5) is 0. The smallest absolute Gasteiger partial charge is 0.231 e. The summed E-state index contributed by atoms with van der Waals surface area (Å²) in [5, 5.41) is 0. The third kappa shape index (κ3) is 1.67. The Hall–Kier alpha value is -1.22. The quantitative estimate of drug-likeness (QED) is 0.825. The van der Waals surface area contributed by atoms with Crippen LogP contribution in [0.1, 0.15) is 30.9 Å². The molecule has 0 saturated heterocycles. The highest BCUT2D eigenvalue weighted by Gasteiger charge is 2.21. The Balaban J connectivity index is 2.48. The molecule has 0 aromatic heterocycles. The fraction of sp³-hybridized carbons (Fsp3) is 0.500. The molecule has 0 amide bonds. The average Bonchev–Trinajstić information content (AvgIpc) is 2.74. The molecule has 1 aromatic carbocycles. The van der Waals surface area contributed by atoms with Crippen molar-refractivity contribution in [2.75, 3.05) is 13.3 Å². The van der Waals surface area contributed by atoms with Gasteiger partial charge < -0.3 is 15.2 Å². The first-order valence-corrected chi connectivity index (χ1v) is 5.39. The maximum atomic E-state index is 5.70. The standard InChI is InChI=1S/C12H17NO2/c1-3-9-10(8(2)6-13)4-5-11-12(9)15-7-14-11/h4-5,8H,3,6-7,13H2,1-2H3. The highest BCUT2D eigenvalue weighted by molar-refractivity contribution is 5.53. The molecule has 2 N–H and O–H groups in total. The summed E-state index contributed by atoms with van der Waals surface area (Å²) in [6, 6.07) is 4.08. The van der Waals surface area contributed by atoms with Crippen LogP contribution in [0.4, 0.5) is 0 Å². The van der Waals surface area contributed by atoms with Crippen LogP contribution in [-0.2, 0) is 6.42 Å². The molecule has 0 bridgehead atoms. The lowest BCUT2D eigenvalue weighted by Gasteiger charge is -2.15. The zero-order valence-corrected chi connectivity index (χ0v) is 9.25. The SMILES string of the molecule is CCc1c(C(C)CN)ccc2c1OCO2. The number of nitrogens with two attached hydrogens (primary N) is 1. The zero-order chi connectivity index (χ0) is 10.8. The molecule has 0 fully saturated rings. The van der Waals surface area contributed by atoms with Gasteiger partial charge in [-0.2, -0.15) is 0 Å². The highest BCUT2D eigenvalue weighted by atomic mass is 16.7. The molecule has 15 heavy (non-hydrogen) atoms. The second kappa shape index (κ2) is 4.11. The van der Waals surface area contributed by atoms with Crippen LogP contribution in [0, 0.1) is 0 Å². The van der Waals surface area contributed by atoms with Crippen molar-refractivity contribution in [2.45, 2.75) is 26.2 Å². The molecule has 82 valence electrons. The maximum absolute atomic E-state index is 5.70. The molecule has 0 radical (unpaired) electrons. The van der Waals surface area contributed by atoms with Crippen molar-refractivity contribution in [2.24, 2.45) is 5.73 Å². The van der Waals surface area contributed by atoms with Gasteiger partial charge in [0.05, 0.1) is 0 Å². The number of hydrogen-bond donors (Lipinski definition) is 1. The average molecular weight is 207 g/mol. The van der Waals surface area contributed by atoms with Gasteiger partial charge >= 0.3 is 0 Å². The van der Waals surface area contributed by atoms with E-state index in [0.29, 0.717) is 19.3 Å². The predicted octanol–water partition coefficient (Wildman–Crippen LogP) is 2.04. The van der Waals surface area contributed by atoms with E-state index >= 15 is 0 Å². The molecular weight excluding hydrogens is 190 g/mol. The number of fused-ring (bicyclic) bond motifs is 1. The van der Waals surface area contributed by atoms with Crippen molar-refractivity contribution in [3.05, 3.63) is 23.3 Å². The van der Waals surface area contributed by atoms with E-state index in [0.717, 1.165) is 17.9 Å². The molecular formula is C12H17NO2. The summed E-state index contributed by atoms with van der Waals surface area (Å²) in [6.45, 7) is 5.26. The molecule has 1 aliphatic heterocycles. The van der Waals surface area contributed by atoms with E-state index in [2.05, 4.69) is 19.9 Å². The molecule has 3 heteroatoms. The molecule has 1 aliphatic rings. The number of benzene rings is 1. The molecule has 0 saturated carbocycles. The number of rotatable bonds is 3. The molecule has 1 aromatic rings. The van der Waals surface area contributed by atoms with E-state index in [-0.39, 0.29) is 0 Å². The van der Waals surface area contributed by atoms with Crippen LogP contribution >= 0.6 is 0 Å². The molecule has 2 rings (SSSR count). The molecule has 0 aliphatic carbocycles. The van der Waals surface area contributed by atoms with Gasteiger partial charge in [-0.3, -0.25) is 0 Å². The van der Waals surface area contributed by atoms with Gasteiger partial charge in [0.25, 0.3) is 0 Å². The minimum Gasteiger partial charge on any atom is -0.454 e. The minimum atomic E-state index is 0.336. The van der Waals surface area contributed by atoms with Gasteiger partial charge in [-0.05, 0) is 30.5 Å². The third-order valence-corrected chi connectivity index (χ3v) is 2.92. The Morgan fingerprint density at radius 2 is 2.20 bits per heavy atom. The molecule has 1 unspecified atom stereocenters. The van der Waals surface area contributed by atoms with Gasteiger partial charge in [0.2, 0.25) is 6.79 Å². The van der Waals surface area contributed by atoms with Gasteiger partial charge in [-0.25, -0.2) is 0 Å². The Morgan fingerprint density at radius 3 is 2.87 bits per heavy atom. The maximum Gasteiger partial charge on any atom is 0.231 e. The monoisotopic (exact) mass is 207 g/mol. The predicted molar refractivity (Wildman–Crippen MR) is 59.4 cm³/mol. The molecule has 3 nitrogen and oxygen atoms in total. The fourth-order valence-electron chi connectivity index (χ4n) is 2.00. The second-order valence-corrected chi connectivity index (χ2v) is 3.86. The van der Waals surface area contributed by atoms with Crippen molar-refractivity contribution >= 4 is 0 Å². The first kappa shape index (κ1) is 10.3. The van der Waals surface area contributed by atoms with E-state index in [1.165, 1.54) is 11.1 Å². The van der Waals surface area contributed by atoms with E-state index in [1.54, 1.807) is 0 Å². The van der Waals surface area contributed by atoms with Gasteiger partial charge in [0, 0.05) is 5.56 Å². The van der Waals surface area contributed by atoms with Crippen molar-refractivity contribution in [1.82, 2.24) is 0 Å². The summed E-state index contributed by atoms with van der Waals surface area (Å²) in [5.74, 6) is 2.14. The summed E-state index contributed by atoms with van der Waals surface area (Å²) >= 11 is 0. The Morgan fingerprint density at radius 1 is 1.40 bits per heavy atom.